The summed E-state index contributed by atoms with van der Waals surface area (Å²) in [7, 11) is 0. The van der Waals surface area contributed by atoms with Crippen LogP contribution in [0.5, 0.6) is 11.5 Å². The number of unbranched alkanes of at least 4 members (excludes halogenated alkanes) is 8. The van der Waals surface area contributed by atoms with Crippen molar-refractivity contribution in [3.63, 3.8) is 0 Å². The highest BCUT2D eigenvalue weighted by molar-refractivity contribution is 5.98. The van der Waals surface area contributed by atoms with Crippen molar-refractivity contribution in [3.8, 4) is 11.5 Å². The van der Waals surface area contributed by atoms with Gasteiger partial charge in [-0.3, -0.25) is 0 Å². The zero-order chi connectivity index (χ0) is 25.6. The first-order valence-corrected chi connectivity index (χ1v) is 13.9. The lowest BCUT2D eigenvalue weighted by molar-refractivity contribution is 0.0951. The van der Waals surface area contributed by atoms with Crippen LogP contribution in [0.3, 0.4) is 0 Å². The van der Waals surface area contributed by atoms with Gasteiger partial charge in [0.05, 0.1) is 13.2 Å². The third-order valence-corrected chi connectivity index (χ3v) is 6.74. The maximum atomic E-state index is 12.6. The Morgan fingerprint density at radius 3 is 1.47 bits per heavy atom. The molecule has 0 fully saturated rings. The molecular formula is C30H42O6. The standard InChI is InChI=1S/C30H42O6/c1-3-5-7-9-15-21-33-29(31)35-27-23-17-11-13-19-25(23)28(26-20-14-12-18-24(26)27)36-30(32)34-22-16-10-8-6-4-2/h11,13,17,19H,3-10,12,14-16,18,20-22H2,1-2H3. The van der Waals surface area contributed by atoms with Gasteiger partial charge >= 0.3 is 12.3 Å². The van der Waals surface area contributed by atoms with E-state index >= 15 is 0 Å². The molecule has 2 aromatic rings. The number of hydrogen-bond acceptors (Lipinski definition) is 6. The van der Waals surface area contributed by atoms with Crippen LogP contribution in [-0.2, 0) is 22.3 Å². The van der Waals surface area contributed by atoms with E-state index in [0.717, 1.165) is 86.1 Å². The predicted octanol–water partition coefficient (Wildman–Crippen LogP) is 8.69. The number of carbonyl (C=O) groups excluding carboxylic acids is 2. The number of ether oxygens (including phenoxy) is 4. The molecule has 36 heavy (non-hydrogen) atoms. The van der Waals surface area contributed by atoms with E-state index in [0.29, 0.717) is 24.7 Å². The molecule has 0 spiro atoms. The zero-order valence-corrected chi connectivity index (χ0v) is 22.1. The van der Waals surface area contributed by atoms with Crippen molar-refractivity contribution in [2.75, 3.05) is 13.2 Å². The van der Waals surface area contributed by atoms with Crippen LogP contribution in [-0.4, -0.2) is 25.5 Å². The normalized spacial score (nSPS) is 12.7. The van der Waals surface area contributed by atoms with Gasteiger partial charge < -0.3 is 18.9 Å². The Hall–Kier alpha value is -2.76. The van der Waals surface area contributed by atoms with E-state index in [1.54, 1.807) is 0 Å². The number of rotatable bonds is 14. The fraction of sp³-hybridized carbons (Fsp3) is 0.600. The first-order chi connectivity index (χ1) is 17.7. The first-order valence-electron chi connectivity index (χ1n) is 13.9. The van der Waals surface area contributed by atoms with E-state index in [1.807, 2.05) is 24.3 Å². The summed E-state index contributed by atoms with van der Waals surface area (Å²) < 4.78 is 22.3. The van der Waals surface area contributed by atoms with Gasteiger partial charge in [0, 0.05) is 21.9 Å². The van der Waals surface area contributed by atoms with Crippen LogP contribution in [0.25, 0.3) is 10.8 Å². The van der Waals surface area contributed by atoms with Crippen LogP contribution in [0.1, 0.15) is 102 Å². The average molecular weight is 499 g/mol. The first kappa shape index (κ1) is 27.8. The lowest BCUT2D eigenvalue weighted by Crippen LogP contribution is -2.17. The van der Waals surface area contributed by atoms with Crippen LogP contribution in [0, 0.1) is 0 Å². The molecule has 0 aliphatic heterocycles. The summed E-state index contributed by atoms with van der Waals surface area (Å²) >= 11 is 0. The molecule has 0 saturated heterocycles. The Kier molecular flexibility index (Phi) is 11.9. The summed E-state index contributed by atoms with van der Waals surface area (Å²) in [6.45, 7) is 5.06. The molecule has 2 aromatic carbocycles. The lowest BCUT2D eigenvalue weighted by Gasteiger charge is -2.24. The van der Waals surface area contributed by atoms with Crippen LogP contribution in [0.15, 0.2) is 24.3 Å². The predicted molar refractivity (Wildman–Crippen MR) is 142 cm³/mol. The Morgan fingerprint density at radius 2 is 1.06 bits per heavy atom. The molecule has 1 aliphatic carbocycles. The monoisotopic (exact) mass is 498 g/mol. The van der Waals surface area contributed by atoms with Crippen molar-refractivity contribution in [3.05, 3.63) is 35.4 Å². The molecule has 0 heterocycles. The van der Waals surface area contributed by atoms with Crippen molar-refractivity contribution in [1.29, 1.82) is 0 Å². The minimum Gasteiger partial charge on any atom is -0.434 e. The average Bonchev–Trinajstić information content (AvgIpc) is 2.90. The number of fused-ring (bicyclic) bond motifs is 2. The van der Waals surface area contributed by atoms with Gasteiger partial charge in [-0.15, -0.1) is 0 Å². The third kappa shape index (κ3) is 8.14. The molecule has 0 N–H and O–H groups in total. The Balaban J connectivity index is 1.72. The smallest absolute Gasteiger partial charge is 0.434 e. The van der Waals surface area contributed by atoms with Crippen molar-refractivity contribution in [1.82, 2.24) is 0 Å². The zero-order valence-electron chi connectivity index (χ0n) is 22.1. The number of benzene rings is 2. The van der Waals surface area contributed by atoms with E-state index in [9.17, 15) is 9.59 Å². The molecule has 0 saturated carbocycles. The number of carbonyl (C=O) groups is 2. The van der Waals surface area contributed by atoms with E-state index in [1.165, 1.54) is 25.7 Å². The number of hydrogen-bond donors (Lipinski definition) is 0. The van der Waals surface area contributed by atoms with Gasteiger partial charge in [0.2, 0.25) is 0 Å². The van der Waals surface area contributed by atoms with Crippen molar-refractivity contribution in [2.45, 2.75) is 104 Å². The maximum absolute atomic E-state index is 12.6. The molecule has 3 rings (SSSR count). The molecule has 0 unspecified atom stereocenters. The highest BCUT2D eigenvalue weighted by atomic mass is 16.7. The molecule has 0 aromatic heterocycles. The Labute approximate surface area is 215 Å². The van der Waals surface area contributed by atoms with Crippen molar-refractivity contribution < 1.29 is 28.5 Å². The molecule has 0 atom stereocenters. The van der Waals surface area contributed by atoms with Gasteiger partial charge in [-0.25, -0.2) is 9.59 Å². The van der Waals surface area contributed by atoms with Crippen molar-refractivity contribution >= 4 is 23.1 Å². The summed E-state index contributed by atoms with van der Waals surface area (Å²) in [5.74, 6) is 1.04. The summed E-state index contributed by atoms with van der Waals surface area (Å²) in [5, 5.41) is 1.47. The van der Waals surface area contributed by atoms with Gasteiger partial charge in [-0.05, 0) is 38.5 Å². The second-order valence-electron chi connectivity index (χ2n) is 9.60. The lowest BCUT2D eigenvalue weighted by atomic mass is 9.87. The largest absolute Gasteiger partial charge is 0.513 e. The SMILES string of the molecule is CCCCCCCOC(=O)Oc1c2c(c(OC(=O)OCCCCCCC)c3ccccc13)CCCC2. The maximum Gasteiger partial charge on any atom is 0.513 e. The molecular weight excluding hydrogens is 456 g/mol. The van der Waals surface area contributed by atoms with Crippen LogP contribution in [0.4, 0.5) is 9.59 Å². The highest BCUT2D eigenvalue weighted by Crippen LogP contribution is 2.44. The van der Waals surface area contributed by atoms with E-state index in [2.05, 4.69) is 13.8 Å². The van der Waals surface area contributed by atoms with Gasteiger partial charge in [-0.2, -0.15) is 0 Å². The Bertz CT molecular complexity index is 905. The fourth-order valence-corrected chi connectivity index (χ4v) is 4.79. The molecule has 6 nitrogen and oxygen atoms in total. The summed E-state index contributed by atoms with van der Waals surface area (Å²) in [6, 6.07) is 7.57. The highest BCUT2D eigenvalue weighted by Gasteiger charge is 2.27. The van der Waals surface area contributed by atoms with Crippen LogP contribution < -0.4 is 9.47 Å². The van der Waals surface area contributed by atoms with Gasteiger partial charge in [0.15, 0.2) is 0 Å². The van der Waals surface area contributed by atoms with Crippen LogP contribution >= 0.6 is 0 Å². The van der Waals surface area contributed by atoms with E-state index in [-0.39, 0.29) is 0 Å². The summed E-state index contributed by atoms with van der Waals surface area (Å²) in [6.07, 6.45) is 12.9. The topological polar surface area (TPSA) is 71.1 Å². The summed E-state index contributed by atoms with van der Waals surface area (Å²) in [4.78, 5) is 25.1. The fourth-order valence-electron chi connectivity index (χ4n) is 4.79. The van der Waals surface area contributed by atoms with E-state index in [4.69, 9.17) is 18.9 Å². The van der Waals surface area contributed by atoms with E-state index < -0.39 is 12.3 Å². The summed E-state index contributed by atoms with van der Waals surface area (Å²) in [5.41, 5.74) is 1.84. The molecule has 198 valence electrons. The molecule has 6 heteroatoms. The second-order valence-corrected chi connectivity index (χ2v) is 9.60. The van der Waals surface area contributed by atoms with Gasteiger partial charge in [0.1, 0.15) is 11.5 Å². The second kappa shape index (κ2) is 15.4. The van der Waals surface area contributed by atoms with Gasteiger partial charge in [-0.1, -0.05) is 89.5 Å². The van der Waals surface area contributed by atoms with Gasteiger partial charge in [0.25, 0.3) is 0 Å². The van der Waals surface area contributed by atoms with Crippen molar-refractivity contribution in [2.24, 2.45) is 0 Å². The minimum absolute atomic E-state index is 0.355. The molecule has 1 aliphatic rings. The van der Waals surface area contributed by atoms with Crippen LogP contribution in [0.2, 0.25) is 0 Å². The minimum atomic E-state index is -0.681. The third-order valence-electron chi connectivity index (χ3n) is 6.74. The Morgan fingerprint density at radius 1 is 0.639 bits per heavy atom. The quantitative estimate of drug-likeness (QED) is 0.147. The molecule has 0 amide bonds. The molecule has 0 bridgehead atoms. The molecule has 0 radical (unpaired) electrons.